The van der Waals surface area contributed by atoms with Gasteiger partial charge in [0.05, 0.1) is 12.2 Å². The first kappa shape index (κ1) is 24.3. The molecule has 2 aromatic carbocycles. The highest BCUT2D eigenvalue weighted by Gasteiger charge is 2.23. The van der Waals surface area contributed by atoms with Crippen LogP contribution in [0.1, 0.15) is 0 Å². The molecule has 0 aliphatic carbocycles. The van der Waals surface area contributed by atoms with Crippen LogP contribution in [0.2, 0.25) is 0 Å². The fraction of sp³-hybridized carbons (Fsp3) is 0.111. The topological polar surface area (TPSA) is 181 Å². The molecule has 0 fully saturated rings. The van der Waals surface area contributed by atoms with E-state index in [1.807, 2.05) is 0 Å². The monoisotopic (exact) mass is 589 g/mol. The lowest BCUT2D eigenvalue weighted by atomic mass is 10.1. The predicted molar refractivity (Wildman–Crippen MR) is 124 cm³/mol. The number of hydrogen-bond donors (Lipinski definition) is 5. The Labute approximate surface area is 199 Å². The first-order valence-corrected chi connectivity index (χ1v) is 11.7. The van der Waals surface area contributed by atoms with E-state index in [9.17, 15) is 27.2 Å². The molecule has 0 saturated heterocycles. The van der Waals surface area contributed by atoms with Crippen molar-refractivity contribution in [3.05, 3.63) is 56.3 Å². The normalized spacial score (nSPS) is 11.3. The maximum atomic E-state index is 14.6. The molecule has 3 aromatic rings. The van der Waals surface area contributed by atoms with Gasteiger partial charge in [0.2, 0.25) is 22.8 Å². The molecule has 0 saturated carbocycles. The number of H-pyrrole nitrogens is 1. The van der Waals surface area contributed by atoms with Crippen LogP contribution in [0.25, 0.3) is 11.4 Å². The van der Waals surface area contributed by atoms with Gasteiger partial charge in [-0.1, -0.05) is 0 Å². The summed E-state index contributed by atoms with van der Waals surface area (Å²) < 4.78 is 40.4. The van der Waals surface area contributed by atoms with Crippen LogP contribution in [0, 0.1) is 9.39 Å². The van der Waals surface area contributed by atoms with E-state index in [0.29, 0.717) is 18.5 Å². The largest absolute Gasteiger partial charge is 0.355 e. The average molecular weight is 589 g/mol. The SMILES string of the molecule is NS(=O)(=O)c1cc(-c2n[nH]c(=O)n2CC(NC=O)NC=O)c(Nc2ccc(I)cc2)cc1F. The Morgan fingerprint density at radius 1 is 1.18 bits per heavy atom. The number of nitrogens with zero attached hydrogens (tertiary/aromatic N) is 2. The van der Waals surface area contributed by atoms with Gasteiger partial charge in [-0.05, 0) is 59.0 Å². The molecule has 33 heavy (non-hydrogen) atoms. The van der Waals surface area contributed by atoms with Crippen molar-refractivity contribution in [2.45, 2.75) is 17.6 Å². The van der Waals surface area contributed by atoms with E-state index in [1.165, 1.54) is 0 Å². The number of primary sulfonamides is 1. The quantitative estimate of drug-likeness (QED) is 0.127. The summed E-state index contributed by atoms with van der Waals surface area (Å²) in [6.45, 7) is -0.271. The zero-order valence-corrected chi connectivity index (χ0v) is 19.6. The molecule has 0 aliphatic heterocycles. The number of carbonyl (C=O) groups excluding carboxylic acids is 2. The van der Waals surface area contributed by atoms with Crippen molar-refractivity contribution in [1.29, 1.82) is 0 Å². The lowest BCUT2D eigenvalue weighted by Gasteiger charge is -2.18. The molecule has 1 heterocycles. The number of aromatic amines is 1. The fourth-order valence-corrected chi connectivity index (χ4v) is 3.91. The predicted octanol–water partition coefficient (Wildman–Crippen LogP) is 0.191. The van der Waals surface area contributed by atoms with Gasteiger partial charge in [-0.2, -0.15) is 5.10 Å². The maximum Gasteiger partial charge on any atom is 0.343 e. The van der Waals surface area contributed by atoms with Gasteiger partial charge in [-0.25, -0.2) is 27.8 Å². The van der Waals surface area contributed by atoms with Gasteiger partial charge in [0.1, 0.15) is 16.9 Å². The Morgan fingerprint density at radius 2 is 1.82 bits per heavy atom. The molecule has 1 aromatic heterocycles. The molecule has 0 atom stereocenters. The molecular formula is C18H17FIN7O5S. The van der Waals surface area contributed by atoms with Crippen LogP contribution < -0.4 is 26.8 Å². The lowest BCUT2D eigenvalue weighted by Crippen LogP contribution is -2.45. The van der Waals surface area contributed by atoms with E-state index in [-0.39, 0.29) is 23.6 Å². The van der Waals surface area contributed by atoms with E-state index < -0.39 is 32.6 Å². The third-order valence-corrected chi connectivity index (χ3v) is 6.05. The third kappa shape index (κ3) is 5.74. The van der Waals surface area contributed by atoms with E-state index in [4.69, 9.17) is 5.14 Å². The van der Waals surface area contributed by atoms with E-state index in [1.54, 1.807) is 24.3 Å². The van der Waals surface area contributed by atoms with Gasteiger partial charge >= 0.3 is 5.69 Å². The molecule has 12 nitrogen and oxygen atoms in total. The van der Waals surface area contributed by atoms with Gasteiger partial charge in [0.15, 0.2) is 5.82 Å². The van der Waals surface area contributed by atoms with Crippen LogP contribution in [-0.2, 0) is 26.2 Å². The zero-order valence-electron chi connectivity index (χ0n) is 16.6. The molecule has 0 unspecified atom stereocenters. The van der Waals surface area contributed by atoms with Gasteiger partial charge in [0.25, 0.3) is 0 Å². The summed E-state index contributed by atoms with van der Waals surface area (Å²) in [5.41, 5.74) is -0.0676. The van der Waals surface area contributed by atoms with Gasteiger partial charge in [-0.15, -0.1) is 0 Å². The molecule has 0 bridgehead atoms. The molecular weight excluding hydrogens is 572 g/mol. The summed E-state index contributed by atoms with van der Waals surface area (Å²) in [5, 5.41) is 18.9. The minimum absolute atomic E-state index is 0.0216. The maximum absolute atomic E-state index is 14.6. The highest BCUT2D eigenvalue weighted by Crippen LogP contribution is 2.33. The van der Waals surface area contributed by atoms with Crippen molar-refractivity contribution in [3.63, 3.8) is 0 Å². The van der Waals surface area contributed by atoms with Gasteiger partial charge < -0.3 is 16.0 Å². The van der Waals surface area contributed by atoms with Crippen LogP contribution >= 0.6 is 22.6 Å². The molecule has 2 amide bonds. The number of aromatic nitrogens is 3. The second-order valence-corrected chi connectivity index (χ2v) is 9.37. The zero-order chi connectivity index (χ0) is 24.2. The van der Waals surface area contributed by atoms with Gasteiger partial charge in [-0.3, -0.25) is 14.2 Å². The minimum atomic E-state index is -4.45. The Balaban J connectivity index is 2.18. The number of nitrogens with one attached hydrogen (secondary N) is 4. The van der Waals surface area contributed by atoms with Crippen LogP contribution in [0.15, 0.2) is 46.1 Å². The Morgan fingerprint density at radius 3 is 2.39 bits per heavy atom. The summed E-state index contributed by atoms with van der Waals surface area (Å²) in [4.78, 5) is 33.2. The van der Waals surface area contributed by atoms with Crippen LogP contribution in [0.5, 0.6) is 0 Å². The third-order valence-electron chi connectivity index (χ3n) is 4.40. The van der Waals surface area contributed by atoms with Crippen LogP contribution in [0.4, 0.5) is 15.8 Å². The second-order valence-electron chi connectivity index (χ2n) is 6.59. The molecule has 0 aliphatic rings. The molecule has 6 N–H and O–H groups in total. The van der Waals surface area contributed by atoms with Crippen molar-refractivity contribution >= 4 is 56.8 Å². The summed E-state index contributed by atoms with van der Waals surface area (Å²) in [5.74, 6) is -1.20. The Bertz CT molecular complexity index is 1330. The number of anilines is 2. The summed E-state index contributed by atoms with van der Waals surface area (Å²) in [6, 6.07) is 8.88. The number of rotatable bonds is 10. The number of halogens is 2. The highest BCUT2D eigenvalue weighted by atomic mass is 127. The van der Waals surface area contributed by atoms with Crippen molar-refractivity contribution in [1.82, 2.24) is 25.4 Å². The number of amides is 2. The first-order chi connectivity index (χ1) is 15.6. The summed E-state index contributed by atoms with van der Waals surface area (Å²) >= 11 is 2.11. The van der Waals surface area contributed by atoms with E-state index in [2.05, 4.69) is 48.7 Å². The van der Waals surface area contributed by atoms with Crippen LogP contribution in [-0.4, -0.2) is 42.2 Å². The smallest absolute Gasteiger partial charge is 0.343 e. The second kappa shape index (κ2) is 10.1. The van der Waals surface area contributed by atoms with Gasteiger partial charge in [0, 0.05) is 14.8 Å². The fourth-order valence-electron chi connectivity index (χ4n) is 2.94. The van der Waals surface area contributed by atoms with Crippen molar-refractivity contribution in [2.75, 3.05) is 5.32 Å². The number of carbonyl (C=O) groups is 2. The molecule has 174 valence electrons. The van der Waals surface area contributed by atoms with Crippen LogP contribution in [0.3, 0.4) is 0 Å². The van der Waals surface area contributed by atoms with E-state index in [0.717, 1.165) is 20.3 Å². The first-order valence-electron chi connectivity index (χ1n) is 9.08. The Kier molecular flexibility index (Phi) is 7.44. The lowest BCUT2D eigenvalue weighted by molar-refractivity contribution is -0.112. The molecule has 0 radical (unpaired) electrons. The summed E-state index contributed by atoms with van der Waals surface area (Å²) in [7, 11) is -4.45. The van der Waals surface area contributed by atoms with Crippen molar-refractivity contribution in [2.24, 2.45) is 5.14 Å². The summed E-state index contributed by atoms with van der Waals surface area (Å²) in [6.07, 6.45) is -0.334. The molecule has 15 heteroatoms. The molecule has 3 rings (SSSR count). The average Bonchev–Trinajstić information content (AvgIpc) is 3.09. The standard InChI is InChI=1S/C18H17FIN7O5S/c19-13-6-14(24-11-3-1-10(20)2-4-11)12(5-15(13)33(21,31)32)17-25-26-18(30)27(17)7-16(22-8-28)23-9-29/h1-6,8-9,16,24H,7H2,(H,22,28)(H,23,29)(H,26,30)(H2,21,31,32). The highest BCUT2D eigenvalue weighted by molar-refractivity contribution is 14.1. The number of hydrogen-bond acceptors (Lipinski definition) is 7. The number of sulfonamides is 1. The minimum Gasteiger partial charge on any atom is -0.355 e. The number of nitrogens with two attached hydrogens (primary N) is 1. The Hall–Kier alpha value is -3.31. The number of benzene rings is 2. The van der Waals surface area contributed by atoms with Crippen molar-refractivity contribution < 1.29 is 22.4 Å². The van der Waals surface area contributed by atoms with Crippen molar-refractivity contribution in [3.8, 4) is 11.4 Å². The van der Waals surface area contributed by atoms with E-state index >= 15 is 0 Å². The molecule has 0 spiro atoms.